The van der Waals surface area contributed by atoms with E-state index in [1.807, 2.05) is 0 Å². The molecule has 0 saturated carbocycles. The number of benzene rings is 1. The number of phosphoric ester groups is 1. The quantitative estimate of drug-likeness (QED) is 0.593. The molecule has 0 aliphatic rings. The predicted molar refractivity (Wildman–Crippen MR) is 51.1 cm³/mol. The molecule has 0 radical (unpaired) electrons. The summed E-state index contributed by atoms with van der Waals surface area (Å²) in [5.41, 5.74) is 0.324. The van der Waals surface area contributed by atoms with E-state index in [-0.39, 0.29) is 11.5 Å². The molecule has 0 bridgehead atoms. The summed E-state index contributed by atoms with van der Waals surface area (Å²) in [6.45, 7) is 0. The van der Waals surface area contributed by atoms with Crippen molar-refractivity contribution in [3.8, 4) is 11.5 Å². The van der Waals surface area contributed by atoms with E-state index in [4.69, 9.17) is 14.5 Å². The Morgan fingerprint density at radius 3 is 2.47 bits per heavy atom. The predicted octanol–water partition coefficient (Wildman–Crippen LogP) is 0.979. The summed E-state index contributed by atoms with van der Waals surface area (Å²) in [4.78, 5) is 27.6. The molecule has 1 rings (SSSR count). The fourth-order valence-electron chi connectivity index (χ4n) is 0.961. The minimum atomic E-state index is -4.62. The number of rotatable bonds is 4. The fraction of sp³-hybridized carbons (Fsp3) is 0.125. The first-order chi connectivity index (χ1) is 6.96. The van der Waals surface area contributed by atoms with Crippen LogP contribution in [0.3, 0.4) is 0 Å². The Morgan fingerprint density at radius 1 is 1.33 bits per heavy atom. The molecule has 1 aromatic carbocycles. The van der Waals surface area contributed by atoms with Gasteiger partial charge in [0.25, 0.3) is 0 Å². The molecule has 0 aliphatic heterocycles. The highest BCUT2D eigenvalue weighted by Crippen LogP contribution is 2.41. The number of phosphoric acid groups is 1. The second kappa shape index (κ2) is 4.44. The van der Waals surface area contributed by atoms with Crippen LogP contribution in [0.4, 0.5) is 0 Å². The van der Waals surface area contributed by atoms with Crippen molar-refractivity contribution in [1.29, 1.82) is 0 Å². The summed E-state index contributed by atoms with van der Waals surface area (Å²) in [6, 6.07) is 3.93. The number of hydrogen-bond acceptors (Lipinski definition) is 4. The fourth-order valence-corrected chi connectivity index (χ4v) is 1.37. The second-order valence-electron chi connectivity index (χ2n) is 2.61. The third-order valence-corrected chi connectivity index (χ3v) is 1.98. The summed E-state index contributed by atoms with van der Waals surface area (Å²) < 4.78 is 19.7. The van der Waals surface area contributed by atoms with Crippen LogP contribution in [0.1, 0.15) is 10.4 Å². The average Bonchev–Trinajstić information content (AvgIpc) is 2.16. The van der Waals surface area contributed by atoms with Gasteiger partial charge in [0.2, 0.25) is 0 Å². The molecule has 6 nitrogen and oxygen atoms in total. The Labute approximate surface area is 85.7 Å². The highest BCUT2D eigenvalue weighted by Gasteiger charge is 2.18. The first-order valence-electron chi connectivity index (χ1n) is 3.84. The van der Waals surface area contributed by atoms with E-state index in [0.29, 0.717) is 11.8 Å². The van der Waals surface area contributed by atoms with Crippen LogP contribution in [0.25, 0.3) is 0 Å². The van der Waals surface area contributed by atoms with Gasteiger partial charge in [-0.1, -0.05) is 0 Å². The summed E-state index contributed by atoms with van der Waals surface area (Å²) >= 11 is 0. The zero-order chi connectivity index (χ0) is 11.5. The lowest BCUT2D eigenvalue weighted by molar-refractivity contribution is 0.112. The highest BCUT2D eigenvalue weighted by atomic mass is 31.2. The lowest BCUT2D eigenvalue weighted by Gasteiger charge is -2.10. The van der Waals surface area contributed by atoms with Gasteiger partial charge >= 0.3 is 7.82 Å². The van der Waals surface area contributed by atoms with E-state index in [1.165, 1.54) is 25.3 Å². The normalized spacial score (nSPS) is 10.9. The Morgan fingerprint density at radius 2 is 2.00 bits per heavy atom. The number of carbonyl (C=O) groups is 1. The van der Waals surface area contributed by atoms with Crippen molar-refractivity contribution in [2.45, 2.75) is 0 Å². The van der Waals surface area contributed by atoms with Crippen molar-refractivity contribution >= 4 is 14.1 Å². The van der Waals surface area contributed by atoms with Crippen LogP contribution in [0.5, 0.6) is 11.5 Å². The Balaban J connectivity index is 3.08. The monoisotopic (exact) mass is 232 g/mol. The molecule has 7 heteroatoms. The lowest BCUT2D eigenvalue weighted by atomic mass is 10.2. The van der Waals surface area contributed by atoms with E-state index in [2.05, 4.69) is 4.52 Å². The first kappa shape index (κ1) is 11.7. The van der Waals surface area contributed by atoms with Crippen LogP contribution >= 0.6 is 7.82 Å². The van der Waals surface area contributed by atoms with Gasteiger partial charge in [-0.15, -0.1) is 0 Å². The first-order valence-corrected chi connectivity index (χ1v) is 5.37. The van der Waals surface area contributed by atoms with Gasteiger partial charge in [0.1, 0.15) is 6.29 Å². The van der Waals surface area contributed by atoms with E-state index >= 15 is 0 Å². The molecule has 0 spiro atoms. The molecule has 0 aliphatic carbocycles. The Bertz CT molecular complexity index is 410. The second-order valence-corrected chi connectivity index (χ2v) is 3.77. The molecule has 0 heterocycles. The standard InChI is InChI=1S/C8H9O6P/c1-13-8-4-6(5-9)2-3-7(8)14-15(10,11)12/h2-5H,1H3,(H2,10,11,12). The summed E-state index contributed by atoms with van der Waals surface area (Å²) in [5.74, 6) is -0.0284. The van der Waals surface area contributed by atoms with Crippen LogP contribution in [0, 0.1) is 0 Å². The van der Waals surface area contributed by atoms with Gasteiger partial charge in [0.05, 0.1) is 7.11 Å². The number of hydrogen-bond donors (Lipinski definition) is 2. The molecular weight excluding hydrogens is 223 g/mol. The SMILES string of the molecule is COc1cc(C=O)ccc1OP(=O)(O)O. The van der Waals surface area contributed by atoms with E-state index in [9.17, 15) is 9.36 Å². The van der Waals surface area contributed by atoms with Gasteiger partial charge in [-0.2, -0.15) is 0 Å². The van der Waals surface area contributed by atoms with Crippen molar-refractivity contribution in [3.05, 3.63) is 23.8 Å². The zero-order valence-corrected chi connectivity index (χ0v) is 8.68. The molecule has 1 aromatic rings. The number of aldehydes is 1. The van der Waals surface area contributed by atoms with Crippen molar-refractivity contribution < 1.29 is 28.4 Å². The number of ether oxygens (including phenoxy) is 1. The molecule has 0 amide bonds. The van der Waals surface area contributed by atoms with Crippen LogP contribution < -0.4 is 9.26 Å². The van der Waals surface area contributed by atoms with Crippen LogP contribution in [0.2, 0.25) is 0 Å². The maximum absolute atomic E-state index is 10.6. The third kappa shape index (κ3) is 3.36. The summed E-state index contributed by atoms with van der Waals surface area (Å²) in [5, 5.41) is 0. The van der Waals surface area contributed by atoms with Crippen molar-refractivity contribution in [1.82, 2.24) is 0 Å². The third-order valence-electron chi connectivity index (χ3n) is 1.54. The number of methoxy groups -OCH3 is 1. The van der Waals surface area contributed by atoms with Crippen LogP contribution in [-0.2, 0) is 4.57 Å². The van der Waals surface area contributed by atoms with Gasteiger partial charge in [0, 0.05) is 5.56 Å². The molecule has 0 saturated heterocycles. The van der Waals surface area contributed by atoms with Gasteiger partial charge in [0.15, 0.2) is 11.5 Å². The molecule has 2 N–H and O–H groups in total. The minimum absolute atomic E-state index is 0.0860. The Hall–Kier alpha value is -1.36. The molecular formula is C8H9O6P. The highest BCUT2D eigenvalue weighted by molar-refractivity contribution is 7.46. The van der Waals surface area contributed by atoms with Crippen molar-refractivity contribution in [2.75, 3.05) is 7.11 Å². The van der Waals surface area contributed by atoms with Gasteiger partial charge in [-0.3, -0.25) is 14.6 Å². The van der Waals surface area contributed by atoms with E-state index in [1.54, 1.807) is 0 Å². The molecule has 0 aromatic heterocycles. The maximum atomic E-state index is 10.6. The summed E-state index contributed by atoms with van der Waals surface area (Å²) in [6.07, 6.45) is 0.587. The summed E-state index contributed by atoms with van der Waals surface area (Å²) in [7, 11) is -3.32. The zero-order valence-electron chi connectivity index (χ0n) is 7.78. The molecule has 0 fully saturated rings. The van der Waals surface area contributed by atoms with Gasteiger partial charge < -0.3 is 9.26 Å². The Kier molecular flexibility index (Phi) is 3.47. The van der Waals surface area contributed by atoms with Gasteiger partial charge in [-0.25, -0.2) is 4.57 Å². The molecule has 82 valence electrons. The van der Waals surface area contributed by atoms with Crippen LogP contribution in [-0.4, -0.2) is 23.2 Å². The molecule has 15 heavy (non-hydrogen) atoms. The minimum Gasteiger partial charge on any atom is -0.493 e. The average molecular weight is 232 g/mol. The maximum Gasteiger partial charge on any atom is 0.524 e. The van der Waals surface area contributed by atoms with Gasteiger partial charge in [-0.05, 0) is 18.2 Å². The van der Waals surface area contributed by atoms with Crippen molar-refractivity contribution in [3.63, 3.8) is 0 Å². The smallest absolute Gasteiger partial charge is 0.493 e. The van der Waals surface area contributed by atoms with E-state index < -0.39 is 7.82 Å². The lowest BCUT2D eigenvalue weighted by Crippen LogP contribution is -1.95. The van der Waals surface area contributed by atoms with Crippen LogP contribution in [0.15, 0.2) is 18.2 Å². The largest absolute Gasteiger partial charge is 0.524 e. The van der Waals surface area contributed by atoms with Crippen molar-refractivity contribution in [2.24, 2.45) is 0 Å². The topological polar surface area (TPSA) is 93.1 Å². The number of carbonyl (C=O) groups excluding carboxylic acids is 1. The molecule has 0 unspecified atom stereocenters. The van der Waals surface area contributed by atoms with E-state index in [0.717, 1.165) is 0 Å². The molecule has 0 atom stereocenters.